The number of carboxylic acids is 1. The van der Waals surface area contributed by atoms with Crippen LogP contribution in [0.5, 0.6) is 11.5 Å². The average molecular weight is 435 g/mol. The summed E-state index contributed by atoms with van der Waals surface area (Å²) in [4.78, 5) is 34.5. The molecule has 1 aliphatic heterocycles. The number of rotatable bonds is 8. The molecule has 0 aliphatic carbocycles. The van der Waals surface area contributed by atoms with Crippen molar-refractivity contribution >= 4 is 39.2 Å². The van der Waals surface area contributed by atoms with Crippen molar-refractivity contribution in [3.8, 4) is 11.5 Å². The Morgan fingerprint density at radius 2 is 1.90 bits per heavy atom. The zero-order valence-electron chi connectivity index (χ0n) is 15.4. The summed E-state index contributed by atoms with van der Waals surface area (Å²) < 4.78 is 38.2. The lowest BCUT2D eigenvalue weighted by molar-refractivity contribution is -0.137. The number of carbonyl (C=O) groups is 3. The largest absolute Gasteiger partial charge is 0.484 e. The first-order valence-corrected chi connectivity index (χ1v) is 9.97. The van der Waals surface area contributed by atoms with Gasteiger partial charge in [-0.2, -0.15) is 0 Å². The fourth-order valence-electron chi connectivity index (χ4n) is 2.65. The lowest BCUT2D eigenvalue weighted by atomic mass is 10.2. The number of hydrogen-bond acceptors (Lipinski definition) is 7. The number of sulfonamides is 1. The predicted octanol–water partition coefficient (Wildman–Crippen LogP) is 0.161. The van der Waals surface area contributed by atoms with E-state index < -0.39 is 34.4 Å². The summed E-state index contributed by atoms with van der Waals surface area (Å²) in [6, 6.07) is 9.56. The third kappa shape index (κ3) is 4.78. The molecule has 0 saturated carbocycles. The van der Waals surface area contributed by atoms with Crippen molar-refractivity contribution in [1.82, 2.24) is 0 Å². The topological polar surface area (TPSA) is 165 Å². The number of primary amides is 1. The van der Waals surface area contributed by atoms with Crippen molar-refractivity contribution in [3.63, 3.8) is 0 Å². The molecular weight excluding hydrogens is 418 g/mol. The van der Waals surface area contributed by atoms with Gasteiger partial charge in [0.05, 0.1) is 10.6 Å². The maximum absolute atomic E-state index is 12.7. The van der Waals surface area contributed by atoms with Crippen molar-refractivity contribution in [2.45, 2.75) is 4.90 Å². The van der Waals surface area contributed by atoms with Gasteiger partial charge in [0.25, 0.3) is 21.8 Å². The number of benzene rings is 2. The van der Waals surface area contributed by atoms with Crippen LogP contribution in [0.1, 0.15) is 0 Å². The molecule has 0 unspecified atom stereocenters. The van der Waals surface area contributed by atoms with Gasteiger partial charge < -0.3 is 20.3 Å². The Morgan fingerprint density at radius 3 is 2.53 bits per heavy atom. The van der Waals surface area contributed by atoms with E-state index in [2.05, 4.69) is 4.72 Å². The minimum Gasteiger partial charge on any atom is -0.484 e. The number of fused-ring (bicyclic) bond motifs is 1. The lowest BCUT2D eigenvalue weighted by Crippen LogP contribution is -2.42. The van der Waals surface area contributed by atoms with Gasteiger partial charge in [-0.05, 0) is 42.5 Å². The Balaban J connectivity index is 1.83. The third-order valence-corrected chi connectivity index (χ3v) is 5.34. The number of amides is 2. The van der Waals surface area contributed by atoms with E-state index in [1.807, 2.05) is 0 Å². The van der Waals surface area contributed by atoms with Gasteiger partial charge >= 0.3 is 5.97 Å². The second kappa shape index (κ2) is 8.29. The maximum atomic E-state index is 12.7. The van der Waals surface area contributed by atoms with E-state index in [0.717, 1.165) is 4.90 Å². The van der Waals surface area contributed by atoms with Crippen LogP contribution in [0, 0.1) is 0 Å². The Bertz CT molecular complexity index is 1100. The van der Waals surface area contributed by atoms with Gasteiger partial charge in [-0.15, -0.1) is 0 Å². The molecule has 0 aromatic heterocycles. The Kier molecular flexibility index (Phi) is 5.78. The summed E-state index contributed by atoms with van der Waals surface area (Å²) in [5.41, 5.74) is 5.25. The van der Waals surface area contributed by atoms with Crippen molar-refractivity contribution in [1.29, 1.82) is 0 Å². The molecule has 11 nitrogen and oxygen atoms in total. The van der Waals surface area contributed by atoms with Gasteiger partial charge in [0.1, 0.15) is 18.0 Å². The fraction of sp³-hybridized carbons (Fsp3) is 0.167. The normalized spacial score (nSPS) is 13.2. The van der Waals surface area contributed by atoms with Crippen LogP contribution in [0.3, 0.4) is 0 Å². The number of ether oxygens (including phenoxy) is 2. The number of carboxylic acid groups (broad SMARTS) is 1. The first-order chi connectivity index (χ1) is 14.2. The van der Waals surface area contributed by atoms with E-state index in [4.69, 9.17) is 20.3 Å². The molecule has 2 amide bonds. The quantitative estimate of drug-likeness (QED) is 0.527. The first kappa shape index (κ1) is 20.9. The number of nitrogens with one attached hydrogen (secondary N) is 1. The van der Waals surface area contributed by atoms with E-state index in [1.54, 1.807) is 0 Å². The summed E-state index contributed by atoms with van der Waals surface area (Å²) >= 11 is 0. The zero-order chi connectivity index (χ0) is 21.9. The molecule has 3 rings (SSSR count). The van der Waals surface area contributed by atoms with Gasteiger partial charge in [0.2, 0.25) is 0 Å². The van der Waals surface area contributed by atoms with E-state index in [0.29, 0.717) is 5.75 Å². The molecule has 1 heterocycles. The molecule has 158 valence electrons. The predicted molar refractivity (Wildman–Crippen MR) is 104 cm³/mol. The summed E-state index contributed by atoms with van der Waals surface area (Å²) in [7, 11) is -4.06. The highest BCUT2D eigenvalue weighted by atomic mass is 32.2. The molecule has 0 spiro atoms. The number of hydrogen-bond donors (Lipinski definition) is 3. The molecule has 4 N–H and O–H groups in total. The first-order valence-electron chi connectivity index (χ1n) is 8.49. The van der Waals surface area contributed by atoms with Gasteiger partial charge in [0, 0.05) is 5.69 Å². The molecule has 0 bridgehead atoms. The average Bonchev–Trinajstić information content (AvgIpc) is 2.68. The Labute approximate surface area is 171 Å². The molecule has 0 radical (unpaired) electrons. The number of aliphatic carboxylic acids is 1. The van der Waals surface area contributed by atoms with Gasteiger partial charge in [-0.3, -0.25) is 24.0 Å². The molecule has 1 aliphatic rings. The smallest absolute Gasteiger partial charge is 0.323 e. The van der Waals surface area contributed by atoms with Crippen molar-refractivity contribution in [2.75, 3.05) is 29.4 Å². The lowest BCUT2D eigenvalue weighted by Gasteiger charge is -2.28. The highest BCUT2D eigenvalue weighted by Gasteiger charge is 2.29. The van der Waals surface area contributed by atoms with Gasteiger partial charge in [-0.25, -0.2) is 8.42 Å². The second-order valence-corrected chi connectivity index (χ2v) is 7.86. The molecule has 12 heteroatoms. The molecule has 0 saturated heterocycles. The zero-order valence-corrected chi connectivity index (χ0v) is 16.2. The molecule has 2 aromatic rings. The summed E-state index contributed by atoms with van der Waals surface area (Å²) in [5, 5.41) is 9.02. The van der Waals surface area contributed by atoms with E-state index in [-0.39, 0.29) is 35.2 Å². The molecule has 2 aromatic carbocycles. The third-order valence-electron chi connectivity index (χ3n) is 3.96. The van der Waals surface area contributed by atoms with Crippen LogP contribution in [-0.4, -0.2) is 51.1 Å². The fourth-order valence-corrected chi connectivity index (χ4v) is 3.72. The standard InChI is InChI=1S/C18H17N3O8S/c19-16(22)9-28-12-3-1-11(2-4-12)20-30(26,27)13-5-6-15-14(7-13)21(8-18(24)25)17(23)10-29-15/h1-7,20H,8-10H2,(H2,19,22)(H,24,25). The monoisotopic (exact) mass is 435 g/mol. The summed E-state index contributed by atoms with van der Waals surface area (Å²) in [6.45, 7) is -1.28. The summed E-state index contributed by atoms with van der Waals surface area (Å²) in [5.74, 6) is -1.97. The van der Waals surface area contributed by atoms with Crippen molar-refractivity contribution < 1.29 is 37.4 Å². The highest BCUT2D eigenvalue weighted by Crippen LogP contribution is 2.34. The van der Waals surface area contributed by atoms with E-state index >= 15 is 0 Å². The minimum absolute atomic E-state index is 0.0479. The van der Waals surface area contributed by atoms with Crippen LogP contribution in [0.4, 0.5) is 11.4 Å². The van der Waals surface area contributed by atoms with Crippen LogP contribution in [0.15, 0.2) is 47.4 Å². The minimum atomic E-state index is -4.06. The molecule has 30 heavy (non-hydrogen) atoms. The van der Waals surface area contributed by atoms with Gasteiger partial charge in [0.15, 0.2) is 13.2 Å². The maximum Gasteiger partial charge on any atom is 0.323 e. The number of anilines is 2. The number of carbonyl (C=O) groups excluding carboxylic acids is 2. The van der Waals surface area contributed by atoms with Crippen LogP contribution in [0.2, 0.25) is 0 Å². The molecule has 0 fully saturated rings. The number of nitrogens with zero attached hydrogens (tertiary/aromatic N) is 1. The van der Waals surface area contributed by atoms with Gasteiger partial charge in [-0.1, -0.05) is 0 Å². The van der Waals surface area contributed by atoms with Crippen LogP contribution < -0.4 is 24.8 Å². The number of nitrogens with two attached hydrogens (primary N) is 1. The van der Waals surface area contributed by atoms with Crippen LogP contribution in [0.25, 0.3) is 0 Å². The molecular formula is C18H17N3O8S. The summed E-state index contributed by atoms with van der Waals surface area (Å²) in [6.07, 6.45) is 0. The van der Waals surface area contributed by atoms with Crippen molar-refractivity contribution in [2.24, 2.45) is 5.73 Å². The van der Waals surface area contributed by atoms with E-state index in [1.165, 1.54) is 42.5 Å². The molecule has 0 atom stereocenters. The van der Waals surface area contributed by atoms with E-state index in [9.17, 15) is 22.8 Å². The Morgan fingerprint density at radius 1 is 1.20 bits per heavy atom. The van der Waals surface area contributed by atoms with Crippen LogP contribution in [-0.2, 0) is 24.4 Å². The second-order valence-electron chi connectivity index (χ2n) is 6.18. The van der Waals surface area contributed by atoms with Crippen molar-refractivity contribution in [3.05, 3.63) is 42.5 Å². The SMILES string of the molecule is NC(=O)COc1ccc(NS(=O)(=O)c2ccc3c(c2)N(CC(=O)O)C(=O)CO3)cc1. The van der Waals surface area contributed by atoms with Crippen LogP contribution >= 0.6 is 0 Å². The Hall–Kier alpha value is -3.80. The highest BCUT2D eigenvalue weighted by molar-refractivity contribution is 7.92.